The van der Waals surface area contributed by atoms with Crippen molar-refractivity contribution in [3.8, 4) is 0 Å². The molecule has 1 atom stereocenters. The second kappa shape index (κ2) is 8.48. The highest BCUT2D eigenvalue weighted by atomic mass is 16.7. The molecule has 0 aliphatic heterocycles. The highest BCUT2D eigenvalue weighted by molar-refractivity contribution is 5.69. The van der Waals surface area contributed by atoms with E-state index in [1.54, 1.807) is 0 Å². The van der Waals surface area contributed by atoms with Gasteiger partial charge in [-0.3, -0.25) is 4.79 Å². The molecule has 0 saturated carbocycles. The summed E-state index contributed by atoms with van der Waals surface area (Å²) < 4.78 is 10.3. The zero-order valence-corrected chi connectivity index (χ0v) is 12.5. The predicted molar refractivity (Wildman–Crippen MR) is 73.0 cm³/mol. The van der Waals surface area contributed by atoms with Crippen molar-refractivity contribution in [1.29, 1.82) is 0 Å². The van der Waals surface area contributed by atoms with Crippen LogP contribution in [-0.4, -0.2) is 25.9 Å². The van der Waals surface area contributed by atoms with Crippen LogP contribution in [0.15, 0.2) is 0 Å². The summed E-state index contributed by atoms with van der Waals surface area (Å²) in [5.41, 5.74) is 5.73. The maximum absolute atomic E-state index is 11.6. The van der Waals surface area contributed by atoms with Gasteiger partial charge in [0.1, 0.15) is 0 Å². The average molecular weight is 259 g/mol. The minimum atomic E-state index is -0.222. The van der Waals surface area contributed by atoms with Crippen molar-refractivity contribution in [2.45, 2.75) is 47.5 Å². The molecule has 0 aromatic carbocycles. The topological polar surface area (TPSA) is 61.6 Å². The van der Waals surface area contributed by atoms with Gasteiger partial charge < -0.3 is 15.2 Å². The van der Waals surface area contributed by atoms with Crippen LogP contribution in [0.4, 0.5) is 0 Å². The largest absolute Gasteiger partial charge is 0.438 e. The van der Waals surface area contributed by atoms with E-state index >= 15 is 0 Å². The van der Waals surface area contributed by atoms with Crippen LogP contribution in [0.3, 0.4) is 0 Å². The average Bonchev–Trinajstić information content (AvgIpc) is 2.21. The second-order valence-corrected chi connectivity index (χ2v) is 6.48. The van der Waals surface area contributed by atoms with Gasteiger partial charge in [-0.15, -0.1) is 0 Å². The molecule has 0 aliphatic carbocycles. The summed E-state index contributed by atoms with van der Waals surface area (Å²) in [5.74, 6) is 0.531. The molecule has 0 fully saturated rings. The van der Waals surface area contributed by atoms with E-state index in [1.807, 2.05) is 0 Å². The van der Waals surface area contributed by atoms with E-state index in [4.69, 9.17) is 15.2 Å². The summed E-state index contributed by atoms with van der Waals surface area (Å²) in [7, 11) is 0. The lowest BCUT2D eigenvalue weighted by atomic mass is 9.94. The lowest BCUT2D eigenvalue weighted by molar-refractivity contribution is -0.159. The van der Waals surface area contributed by atoms with Gasteiger partial charge in [-0.2, -0.15) is 0 Å². The summed E-state index contributed by atoms with van der Waals surface area (Å²) in [5, 5.41) is 0. The first-order valence-electron chi connectivity index (χ1n) is 6.68. The molecule has 4 nitrogen and oxygen atoms in total. The molecule has 0 aromatic rings. The van der Waals surface area contributed by atoms with Gasteiger partial charge in [-0.25, -0.2) is 0 Å². The number of hydrogen-bond donors (Lipinski definition) is 1. The molecule has 0 heterocycles. The van der Waals surface area contributed by atoms with E-state index in [9.17, 15) is 4.79 Å². The highest BCUT2D eigenvalue weighted by Gasteiger charge is 2.15. The van der Waals surface area contributed by atoms with Crippen molar-refractivity contribution in [1.82, 2.24) is 0 Å². The molecule has 0 saturated heterocycles. The Morgan fingerprint density at radius 1 is 1.28 bits per heavy atom. The molecule has 0 rings (SSSR count). The molecule has 2 N–H and O–H groups in total. The van der Waals surface area contributed by atoms with Crippen molar-refractivity contribution < 1.29 is 14.3 Å². The van der Waals surface area contributed by atoms with Gasteiger partial charge >= 0.3 is 5.97 Å². The maximum atomic E-state index is 11.6. The number of esters is 1. The van der Waals surface area contributed by atoms with E-state index in [-0.39, 0.29) is 24.1 Å². The number of hydrogen-bond acceptors (Lipinski definition) is 4. The van der Waals surface area contributed by atoms with Crippen LogP contribution in [0.25, 0.3) is 0 Å². The molecule has 0 radical (unpaired) electrons. The van der Waals surface area contributed by atoms with Gasteiger partial charge in [0.2, 0.25) is 0 Å². The first-order chi connectivity index (χ1) is 8.24. The Kier molecular flexibility index (Phi) is 8.20. The van der Waals surface area contributed by atoms with Crippen molar-refractivity contribution in [2.24, 2.45) is 23.0 Å². The molecule has 0 amide bonds. The monoisotopic (exact) mass is 259 g/mol. The Labute approximate surface area is 111 Å². The third kappa shape index (κ3) is 10.5. The van der Waals surface area contributed by atoms with Crippen LogP contribution in [-0.2, 0) is 14.3 Å². The quantitative estimate of drug-likeness (QED) is 0.413. The third-order valence-electron chi connectivity index (χ3n) is 2.43. The molecule has 4 heteroatoms. The summed E-state index contributed by atoms with van der Waals surface area (Å²) in [4.78, 5) is 11.6. The first kappa shape index (κ1) is 17.4. The Morgan fingerprint density at radius 3 is 2.33 bits per heavy atom. The Bertz CT molecular complexity index is 234. The number of carbonyl (C=O) groups is 1. The third-order valence-corrected chi connectivity index (χ3v) is 2.43. The number of carbonyl (C=O) groups excluding carboxylic acids is 1. The van der Waals surface area contributed by atoms with E-state index in [1.165, 1.54) is 0 Å². The standard InChI is InChI=1S/C14H29NO3/c1-11(2)6-12(8-15)7-13(16)18-10-17-9-14(3,4)5/h11-12H,6-10,15H2,1-5H3. The molecule has 108 valence electrons. The highest BCUT2D eigenvalue weighted by Crippen LogP contribution is 2.15. The molecular formula is C14H29NO3. The van der Waals surface area contributed by atoms with Crippen LogP contribution in [0.1, 0.15) is 47.5 Å². The molecular weight excluding hydrogens is 230 g/mol. The van der Waals surface area contributed by atoms with E-state index in [0.717, 1.165) is 6.42 Å². The number of nitrogens with two attached hydrogens (primary N) is 1. The lowest BCUT2D eigenvalue weighted by Gasteiger charge is -2.19. The van der Waals surface area contributed by atoms with Crippen LogP contribution < -0.4 is 5.73 Å². The van der Waals surface area contributed by atoms with Crippen LogP contribution >= 0.6 is 0 Å². The Balaban J connectivity index is 3.75. The first-order valence-corrected chi connectivity index (χ1v) is 6.68. The van der Waals surface area contributed by atoms with Crippen LogP contribution in [0.2, 0.25) is 0 Å². The fraction of sp³-hybridized carbons (Fsp3) is 0.929. The van der Waals surface area contributed by atoms with Gasteiger partial charge in [0.15, 0.2) is 6.79 Å². The normalized spacial score (nSPS) is 13.7. The van der Waals surface area contributed by atoms with Gasteiger partial charge in [-0.1, -0.05) is 34.6 Å². The SMILES string of the molecule is CC(C)CC(CN)CC(=O)OCOCC(C)(C)C. The van der Waals surface area contributed by atoms with E-state index < -0.39 is 0 Å². The van der Waals surface area contributed by atoms with Crippen LogP contribution in [0, 0.1) is 17.3 Å². The molecule has 0 aromatic heterocycles. The summed E-state index contributed by atoms with van der Waals surface area (Å²) >= 11 is 0. The fourth-order valence-electron chi connectivity index (χ4n) is 1.68. The number of ether oxygens (including phenoxy) is 2. The number of rotatable bonds is 8. The van der Waals surface area contributed by atoms with Crippen molar-refractivity contribution in [3.05, 3.63) is 0 Å². The maximum Gasteiger partial charge on any atom is 0.308 e. The molecule has 1 unspecified atom stereocenters. The van der Waals surface area contributed by atoms with Crippen molar-refractivity contribution >= 4 is 5.97 Å². The minimum absolute atomic E-state index is 0.0368. The fourth-order valence-corrected chi connectivity index (χ4v) is 1.68. The Morgan fingerprint density at radius 2 is 1.89 bits per heavy atom. The minimum Gasteiger partial charge on any atom is -0.438 e. The smallest absolute Gasteiger partial charge is 0.308 e. The van der Waals surface area contributed by atoms with Crippen molar-refractivity contribution in [3.63, 3.8) is 0 Å². The van der Waals surface area contributed by atoms with E-state index in [2.05, 4.69) is 34.6 Å². The summed E-state index contributed by atoms with van der Waals surface area (Å²) in [6.45, 7) is 11.6. The van der Waals surface area contributed by atoms with Gasteiger partial charge in [0, 0.05) is 6.42 Å². The summed E-state index contributed by atoms with van der Waals surface area (Å²) in [6.07, 6.45) is 1.34. The van der Waals surface area contributed by atoms with Crippen molar-refractivity contribution in [2.75, 3.05) is 19.9 Å². The molecule has 0 spiro atoms. The molecule has 0 bridgehead atoms. The van der Waals surface area contributed by atoms with Gasteiger partial charge in [0.05, 0.1) is 6.61 Å². The molecule has 0 aliphatic rings. The van der Waals surface area contributed by atoms with Crippen LogP contribution in [0.5, 0.6) is 0 Å². The van der Waals surface area contributed by atoms with E-state index in [0.29, 0.717) is 25.5 Å². The van der Waals surface area contributed by atoms with Gasteiger partial charge in [0.25, 0.3) is 0 Å². The molecule has 18 heavy (non-hydrogen) atoms. The lowest BCUT2D eigenvalue weighted by Crippen LogP contribution is -2.22. The Hall–Kier alpha value is -0.610. The van der Waals surface area contributed by atoms with Gasteiger partial charge in [-0.05, 0) is 30.2 Å². The summed E-state index contributed by atoms with van der Waals surface area (Å²) in [6, 6.07) is 0. The predicted octanol–water partition coefficient (Wildman–Crippen LogP) is 2.56. The zero-order valence-electron chi connectivity index (χ0n) is 12.5. The second-order valence-electron chi connectivity index (χ2n) is 6.48. The zero-order chi connectivity index (χ0) is 14.2.